The van der Waals surface area contributed by atoms with Crippen molar-refractivity contribution in [2.75, 3.05) is 0 Å². The summed E-state index contributed by atoms with van der Waals surface area (Å²) in [6, 6.07) is 14.9. The van der Waals surface area contributed by atoms with Gasteiger partial charge in [-0.05, 0) is 23.8 Å². The number of carboxylic acid groups (broad SMARTS) is 1. The number of aromatic nitrogens is 2. The molecular formula is C16H15N3O2. The van der Waals surface area contributed by atoms with Gasteiger partial charge in [0.15, 0.2) is 0 Å². The number of carbonyl (C=O) groups is 1. The molecule has 0 fully saturated rings. The highest BCUT2D eigenvalue weighted by molar-refractivity contribution is 5.80. The van der Waals surface area contributed by atoms with Gasteiger partial charge in [0, 0.05) is 11.4 Å². The molecule has 3 N–H and O–H groups in total. The van der Waals surface area contributed by atoms with Crippen LogP contribution in [-0.4, -0.2) is 20.9 Å². The number of carboxylic acids is 1. The molecule has 0 aliphatic heterocycles. The maximum absolute atomic E-state index is 10.8. The molecule has 0 amide bonds. The smallest absolute Gasteiger partial charge is 0.305 e. The third-order valence-electron chi connectivity index (χ3n) is 3.41. The summed E-state index contributed by atoms with van der Waals surface area (Å²) >= 11 is 0. The average molecular weight is 281 g/mol. The van der Waals surface area contributed by atoms with Crippen molar-refractivity contribution in [1.82, 2.24) is 9.78 Å². The minimum atomic E-state index is -0.905. The number of para-hydroxylation sites is 1. The zero-order valence-corrected chi connectivity index (χ0v) is 11.3. The van der Waals surface area contributed by atoms with Gasteiger partial charge in [-0.25, -0.2) is 4.68 Å². The molecule has 3 aromatic rings. The fourth-order valence-electron chi connectivity index (χ4n) is 2.37. The molecule has 0 saturated carbocycles. The monoisotopic (exact) mass is 281 g/mol. The SMILES string of the molecule is N[C@@H](CC(=O)O)c1cccc(-n2ncc3ccccc32)c1. The summed E-state index contributed by atoms with van der Waals surface area (Å²) in [6.07, 6.45) is 1.71. The van der Waals surface area contributed by atoms with Crippen molar-refractivity contribution in [1.29, 1.82) is 0 Å². The fraction of sp³-hybridized carbons (Fsp3) is 0.125. The molecule has 0 bridgehead atoms. The molecule has 5 heteroatoms. The Kier molecular flexibility index (Phi) is 3.41. The second-order valence-corrected chi connectivity index (χ2v) is 4.91. The van der Waals surface area contributed by atoms with E-state index in [0.29, 0.717) is 0 Å². The summed E-state index contributed by atoms with van der Waals surface area (Å²) in [5.41, 5.74) is 8.58. The number of nitrogens with two attached hydrogens (primary N) is 1. The Morgan fingerprint density at radius 1 is 1.24 bits per heavy atom. The van der Waals surface area contributed by atoms with E-state index in [1.165, 1.54) is 0 Å². The van der Waals surface area contributed by atoms with E-state index in [9.17, 15) is 4.79 Å². The maximum atomic E-state index is 10.8. The second kappa shape index (κ2) is 5.38. The first-order valence-electron chi connectivity index (χ1n) is 6.65. The molecule has 1 aromatic heterocycles. The van der Waals surface area contributed by atoms with E-state index in [0.717, 1.165) is 22.2 Å². The molecule has 21 heavy (non-hydrogen) atoms. The van der Waals surface area contributed by atoms with Crippen LogP contribution < -0.4 is 5.73 Å². The van der Waals surface area contributed by atoms with Gasteiger partial charge in [0.05, 0.1) is 23.8 Å². The van der Waals surface area contributed by atoms with Crippen LogP contribution in [0, 0.1) is 0 Å². The van der Waals surface area contributed by atoms with Crippen LogP contribution in [0.5, 0.6) is 0 Å². The maximum Gasteiger partial charge on any atom is 0.305 e. The van der Waals surface area contributed by atoms with Crippen LogP contribution in [-0.2, 0) is 4.79 Å². The van der Waals surface area contributed by atoms with Crippen molar-refractivity contribution in [3.8, 4) is 5.69 Å². The fourth-order valence-corrected chi connectivity index (χ4v) is 2.37. The standard InChI is InChI=1S/C16H15N3O2/c17-14(9-16(20)21)11-5-3-6-13(8-11)19-15-7-2-1-4-12(15)10-18-19/h1-8,10,14H,9,17H2,(H,20,21)/t14-/m0/s1. The lowest BCUT2D eigenvalue weighted by Gasteiger charge is -2.11. The van der Waals surface area contributed by atoms with Gasteiger partial charge in [-0.3, -0.25) is 4.79 Å². The van der Waals surface area contributed by atoms with Crippen molar-refractivity contribution in [3.63, 3.8) is 0 Å². The van der Waals surface area contributed by atoms with Crippen molar-refractivity contribution >= 4 is 16.9 Å². The summed E-state index contributed by atoms with van der Waals surface area (Å²) in [7, 11) is 0. The number of nitrogens with zero attached hydrogens (tertiary/aromatic N) is 2. The molecular weight excluding hydrogens is 266 g/mol. The van der Waals surface area contributed by atoms with E-state index < -0.39 is 12.0 Å². The van der Waals surface area contributed by atoms with Crippen LogP contribution in [0.2, 0.25) is 0 Å². The average Bonchev–Trinajstić information content (AvgIpc) is 2.90. The normalized spacial score (nSPS) is 12.4. The summed E-state index contributed by atoms with van der Waals surface area (Å²) in [4.78, 5) is 10.8. The molecule has 0 spiro atoms. The molecule has 5 nitrogen and oxygen atoms in total. The number of benzene rings is 2. The van der Waals surface area contributed by atoms with E-state index in [2.05, 4.69) is 5.10 Å². The third-order valence-corrected chi connectivity index (χ3v) is 3.41. The number of hydrogen-bond acceptors (Lipinski definition) is 3. The number of rotatable bonds is 4. The van der Waals surface area contributed by atoms with Crippen molar-refractivity contribution in [2.24, 2.45) is 5.73 Å². The highest BCUT2D eigenvalue weighted by Crippen LogP contribution is 2.21. The van der Waals surface area contributed by atoms with Gasteiger partial charge in [-0.15, -0.1) is 0 Å². The summed E-state index contributed by atoms with van der Waals surface area (Å²) in [5, 5.41) is 14.3. The van der Waals surface area contributed by atoms with Crippen LogP contribution in [0.4, 0.5) is 0 Å². The van der Waals surface area contributed by atoms with Crippen molar-refractivity contribution < 1.29 is 9.90 Å². The summed E-state index contributed by atoms with van der Waals surface area (Å²) in [5.74, 6) is -0.905. The van der Waals surface area contributed by atoms with Gasteiger partial charge in [0.25, 0.3) is 0 Å². The van der Waals surface area contributed by atoms with Crippen LogP contribution in [0.3, 0.4) is 0 Å². The van der Waals surface area contributed by atoms with Gasteiger partial charge in [-0.1, -0.05) is 30.3 Å². The molecule has 1 atom stereocenters. The van der Waals surface area contributed by atoms with Gasteiger partial charge in [0.2, 0.25) is 0 Å². The lowest BCUT2D eigenvalue weighted by atomic mass is 10.0. The Morgan fingerprint density at radius 2 is 2.05 bits per heavy atom. The number of fused-ring (bicyclic) bond motifs is 1. The van der Waals surface area contributed by atoms with Gasteiger partial charge in [-0.2, -0.15) is 5.10 Å². The quantitative estimate of drug-likeness (QED) is 0.770. The molecule has 0 aliphatic carbocycles. The lowest BCUT2D eigenvalue weighted by molar-refractivity contribution is -0.137. The first kappa shape index (κ1) is 13.3. The molecule has 3 rings (SSSR count). The zero-order valence-electron chi connectivity index (χ0n) is 11.3. The molecule has 0 aliphatic rings. The Balaban J connectivity index is 2.01. The van der Waals surface area contributed by atoms with Gasteiger partial charge in [0.1, 0.15) is 0 Å². The van der Waals surface area contributed by atoms with E-state index >= 15 is 0 Å². The lowest BCUT2D eigenvalue weighted by Crippen LogP contribution is -2.15. The summed E-state index contributed by atoms with van der Waals surface area (Å²) < 4.78 is 1.83. The van der Waals surface area contributed by atoms with E-state index in [1.54, 1.807) is 6.20 Å². The van der Waals surface area contributed by atoms with Crippen LogP contribution in [0.1, 0.15) is 18.0 Å². The Bertz CT molecular complexity index is 795. The predicted molar refractivity (Wildman–Crippen MR) is 80.3 cm³/mol. The second-order valence-electron chi connectivity index (χ2n) is 4.91. The molecule has 0 unspecified atom stereocenters. The van der Waals surface area contributed by atoms with Gasteiger partial charge < -0.3 is 10.8 Å². The van der Waals surface area contributed by atoms with Crippen molar-refractivity contribution in [2.45, 2.75) is 12.5 Å². The minimum Gasteiger partial charge on any atom is -0.481 e. The predicted octanol–water partition coefficient (Wildman–Crippen LogP) is 2.50. The number of hydrogen-bond donors (Lipinski definition) is 2. The Morgan fingerprint density at radius 3 is 2.86 bits per heavy atom. The first-order chi connectivity index (χ1) is 10.1. The van der Waals surface area contributed by atoms with E-state index in [4.69, 9.17) is 10.8 Å². The van der Waals surface area contributed by atoms with E-state index in [-0.39, 0.29) is 6.42 Å². The van der Waals surface area contributed by atoms with E-state index in [1.807, 2.05) is 53.2 Å². The van der Waals surface area contributed by atoms with Crippen LogP contribution in [0.25, 0.3) is 16.6 Å². The first-order valence-corrected chi connectivity index (χ1v) is 6.65. The zero-order chi connectivity index (χ0) is 14.8. The molecule has 1 heterocycles. The topological polar surface area (TPSA) is 81.1 Å². The van der Waals surface area contributed by atoms with Gasteiger partial charge >= 0.3 is 5.97 Å². The highest BCUT2D eigenvalue weighted by atomic mass is 16.4. The van der Waals surface area contributed by atoms with Crippen molar-refractivity contribution in [3.05, 3.63) is 60.3 Å². The number of aliphatic carboxylic acids is 1. The summed E-state index contributed by atoms with van der Waals surface area (Å²) in [6.45, 7) is 0. The Labute approximate surface area is 121 Å². The third kappa shape index (κ3) is 2.64. The molecule has 0 saturated heterocycles. The minimum absolute atomic E-state index is 0.0939. The molecule has 106 valence electrons. The molecule has 0 radical (unpaired) electrons. The largest absolute Gasteiger partial charge is 0.481 e. The van der Waals surface area contributed by atoms with Crippen LogP contribution in [0.15, 0.2) is 54.7 Å². The Hall–Kier alpha value is -2.66. The molecule has 2 aromatic carbocycles. The highest BCUT2D eigenvalue weighted by Gasteiger charge is 2.12. The van der Waals surface area contributed by atoms with Crippen LogP contribution >= 0.6 is 0 Å².